The standard InChI is InChI=1S/C18H21NO3/c1-14(18(2,21)16-11-7-4-8-12-16)19-17(20)22-13-15-9-5-3-6-10-15/h3-12,14,21H,13H2,1-2H3,(H,19,20)/t14-,18-/m0/s1. The average Bonchev–Trinajstić information content (AvgIpc) is 2.54. The molecule has 0 radical (unpaired) electrons. The van der Waals surface area contributed by atoms with Gasteiger partial charge in [0.15, 0.2) is 0 Å². The van der Waals surface area contributed by atoms with E-state index in [-0.39, 0.29) is 6.61 Å². The number of amides is 1. The van der Waals surface area contributed by atoms with E-state index in [1.807, 2.05) is 60.7 Å². The van der Waals surface area contributed by atoms with Gasteiger partial charge in [0.2, 0.25) is 0 Å². The van der Waals surface area contributed by atoms with Crippen LogP contribution in [-0.4, -0.2) is 17.2 Å². The minimum Gasteiger partial charge on any atom is -0.445 e. The summed E-state index contributed by atoms with van der Waals surface area (Å²) in [6, 6.07) is 18.2. The summed E-state index contributed by atoms with van der Waals surface area (Å²) in [5.41, 5.74) is 0.485. The Morgan fingerprint density at radius 3 is 2.27 bits per heavy atom. The molecule has 4 heteroatoms. The molecular formula is C18H21NO3. The largest absolute Gasteiger partial charge is 0.445 e. The van der Waals surface area contributed by atoms with Crippen molar-refractivity contribution in [2.45, 2.75) is 32.1 Å². The number of rotatable bonds is 5. The number of nitrogens with one attached hydrogen (secondary N) is 1. The molecule has 0 aliphatic heterocycles. The lowest BCUT2D eigenvalue weighted by atomic mass is 9.89. The minimum atomic E-state index is -1.17. The molecule has 116 valence electrons. The van der Waals surface area contributed by atoms with Crippen LogP contribution in [0.1, 0.15) is 25.0 Å². The third-order valence-corrected chi connectivity index (χ3v) is 3.75. The molecule has 4 nitrogen and oxygen atoms in total. The highest BCUT2D eigenvalue weighted by atomic mass is 16.5. The Kier molecular flexibility index (Phi) is 5.17. The normalized spacial score (nSPS) is 14.7. The van der Waals surface area contributed by atoms with Crippen molar-refractivity contribution in [2.75, 3.05) is 0 Å². The maximum Gasteiger partial charge on any atom is 0.407 e. The van der Waals surface area contributed by atoms with Crippen molar-refractivity contribution < 1.29 is 14.6 Å². The zero-order valence-corrected chi connectivity index (χ0v) is 12.8. The third kappa shape index (κ3) is 4.09. The van der Waals surface area contributed by atoms with Crippen LogP contribution in [0, 0.1) is 0 Å². The molecule has 0 unspecified atom stereocenters. The van der Waals surface area contributed by atoms with Crippen LogP contribution in [0.5, 0.6) is 0 Å². The Bertz CT molecular complexity index is 596. The monoisotopic (exact) mass is 299 g/mol. The number of hydrogen-bond acceptors (Lipinski definition) is 3. The third-order valence-electron chi connectivity index (χ3n) is 3.75. The lowest BCUT2D eigenvalue weighted by Crippen LogP contribution is -2.47. The molecule has 2 aromatic rings. The number of carbonyl (C=O) groups is 1. The number of carbonyl (C=O) groups excluding carboxylic acids is 1. The smallest absolute Gasteiger partial charge is 0.407 e. The van der Waals surface area contributed by atoms with Crippen molar-refractivity contribution in [3.05, 3.63) is 71.8 Å². The molecule has 0 saturated heterocycles. The highest BCUT2D eigenvalue weighted by molar-refractivity contribution is 5.67. The molecule has 2 atom stereocenters. The van der Waals surface area contributed by atoms with E-state index >= 15 is 0 Å². The second kappa shape index (κ2) is 7.09. The van der Waals surface area contributed by atoms with Crippen LogP contribution in [0.15, 0.2) is 60.7 Å². The number of benzene rings is 2. The number of aliphatic hydroxyl groups is 1. The van der Waals surface area contributed by atoms with Gasteiger partial charge in [-0.15, -0.1) is 0 Å². The molecule has 2 N–H and O–H groups in total. The van der Waals surface area contributed by atoms with Crippen LogP contribution < -0.4 is 5.32 Å². The summed E-state index contributed by atoms with van der Waals surface area (Å²) in [4.78, 5) is 11.9. The zero-order valence-electron chi connectivity index (χ0n) is 12.8. The van der Waals surface area contributed by atoms with Crippen molar-refractivity contribution >= 4 is 6.09 Å². The van der Waals surface area contributed by atoms with E-state index in [4.69, 9.17) is 4.74 Å². The number of hydrogen-bond donors (Lipinski definition) is 2. The molecule has 0 aliphatic carbocycles. The molecule has 22 heavy (non-hydrogen) atoms. The zero-order chi connectivity index (χ0) is 16.0. The molecule has 1 amide bonds. The lowest BCUT2D eigenvalue weighted by molar-refractivity contribution is 0.0191. The predicted octanol–water partition coefficient (Wildman–Crippen LogP) is 3.21. The molecule has 2 aromatic carbocycles. The maximum atomic E-state index is 11.9. The quantitative estimate of drug-likeness (QED) is 0.891. The van der Waals surface area contributed by atoms with Crippen molar-refractivity contribution in [1.29, 1.82) is 0 Å². The van der Waals surface area contributed by atoms with Crippen LogP contribution in [0.25, 0.3) is 0 Å². The summed E-state index contributed by atoms with van der Waals surface area (Å²) < 4.78 is 5.17. The Balaban J connectivity index is 1.91. The Morgan fingerprint density at radius 1 is 1.14 bits per heavy atom. The summed E-state index contributed by atoms with van der Waals surface area (Å²) in [5.74, 6) is 0. The molecule has 2 rings (SSSR count). The summed E-state index contributed by atoms with van der Waals surface area (Å²) in [6.07, 6.45) is -0.549. The first-order valence-corrected chi connectivity index (χ1v) is 7.25. The van der Waals surface area contributed by atoms with Crippen LogP contribution in [0.2, 0.25) is 0 Å². The van der Waals surface area contributed by atoms with Gasteiger partial charge in [0.1, 0.15) is 12.2 Å². The van der Waals surface area contributed by atoms with Gasteiger partial charge in [-0.3, -0.25) is 0 Å². The van der Waals surface area contributed by atoms with Gasteiger partial charge < -0.3 is 15.2 Å². The van der Waals surface area contributed by atoms with E-state index in [9.17, 15) is 9.90 Å². The Hall–Kier alpha value is -2.33. The van der Waals surface area contributed by atoms with Crippen molar-refractivity contribution in [2.24, 2.45) is 0 Å². The highest BCUT2D eigenvalue weighted by Gasteiger charge is 2.31. The summed E-state index contributed by atoms with van der Waals surface area (Å²) >= 11 is 0. The van der Waals surface area contributed by atoms with Crippen LogP contribution in [0.4, 0.5) is 4.79 Å². The fourth-order valence-corrected chi connectivity index (χ4v) is 2.11. The highest BCUT2D eigenvalue weighted by Crippen LogP contribution is 2.24. The molecule has 0 saturated carbocycles. The molecule has 0 spiro atoms. The van der Waals surface area contributed by atoms with Gasteiger partial charge in [0, 0.05) is 0 Å². The average molecular weight is 299 g/mol. The molecule has 0 bridgehead atoms. The van der Waals surface area contributed by atoms with Crippen LogP contribution in [-0.2, 0) is 16.9 Å². The van der Waals surface area contributed by atoms with Gasteiger partial charge in [-0.05, 0) is 25.0 Å². The van der Waals surface area contributed by atoms with Gasteiger partial charge in [0.25, 0.3) is 0 Å². The second-order valence-electron chi connectivity index (χ2n) is 5.44. The van der Waals surface area contributed by atoms with E-state index in [0.717, 1.165) is 11.1 Å². The van der Waals surface area contributed by atoms with E-state index in [0.29, 0.717) is 0 Å². The summed E-state index contributed by atoms with van der Waals surface area (Å²) in [5, 5.41) is 13.3. The predicted molar refractivity (Wildman–Crippen MR) is 85.2 cm³/mol. The topological polar surface area (TPSA) is 58.6 Å². The fraction of sp³-hybridized carbons (Fsp3) is 0.278. The van der Waals surface area contributed by atoms with E-state index in [2.05, 4.69) is 5.32 Å². The van der Waals surface area contributed by atoms with Crippen LogP contribution >= 0.6 is 0 Å². The first kappa shape index (κ1) is 16.0. The molecule has 0 fully saturated rings. The van der Waals surface area contributed by atoms with Crippen molar-refractivity contribution in [3.8, 4) is 0 Å². The molecule has 0 aromatic heterocycles. The minimum absolute atomic E-state index is 0.201. The lowest BCUT2D eigenvalue weighted by Gasteiger charge is -2.31. The Labute approximate surface area is 130 Å². The van der Waals surface area contributed by atoms with Gasteiger partial charge >= 0.3 is 6.09 Å². The summed E-state index contributed by atoms with van der Waals surface area (Å²) in [6.45, 7) is 3.62. The number of ether oxygens (including phenoxy) is 1. The van der Waals surface area contributed by atoms with Gasteiger partial charge in [-0.2, -0.15) is 0 Å². The summed E-state index contributed by atoms with van der Waals surface area (Å²) in [7, 11) is 0. The van der Waals surface area contributed by atoms with E-state index in [1.165, 1.54) is 0 Å². The van der Waals surface area contributed by atoms with Crippen LogP contribution in [0.3, 0.4) is 0 Å². The first-order chi connectivity index (χ1) is 10.5. The molecule has 0 aliphatic rings. The van der Waals surface area contributed by atoms with Crippen molar-refractivity contribution in [1.82, 2.24) is 5.32 Å². The van der Waals surface area contributed by atoms with Gasteiger partial charge in [0.05, 0.1) is 6.04 Å². The molecule has 0 heterocycles. The Morgan fingerprint density at radius 2 is 1.68 bits per heavy atom. The van der Waals surface area contributed by atoms with E-state index in [1.54, 1.807) is 13.8 Å². The first-order valence-electron chi connectivity index (χ1n) is 7.25. The number of alkyl carbamates (subject to hydrolysis) is 1. The van der Waals surface area contributed by atoms with E-state index < -0.39 is 17.7 Å². The van der Waals surface area contributed by atoms with Crippen molar-refractivity contribution in [3.63, 3.8) is 0 Å². The second-order valence-corrected chi connectivity index (χ2v) is 5.44. The maximum absolute atomic E-state index is 11.9. The fourth-order valence-electron chi connectivity index (χ4n) is 2.11. The van der Waals surface area contributed by atoms with Gasteiger partial charge in [-0.1, -0.05) is 60.7 Å². The van der Waals surface area contributed by atoms with Gasteiger partial charge in [-0.25, -0.2) is 4.79 Å². The molecular weight excluding hydrogens is 278 g/mol. The SMILES string of the molecule is C[C@H](NC(=O)OCc1ccccc1)[C@](C)(O)c1ccccc1.